The number of nitrogens with one attached hydrogen (secondary N) is 2. The summed E-state index contributed by atoms with van der Waals surface area (Å²) in [5.74, 6) is 0.00557. The first-order valence-electron chi connectivity index (χ1n) is 9.10. The van der Waals surface area contributed by atoms with Crippen LogP contribution >= 0.6 is 0 Å². The van der Waals surface area contributed by atoms with Crippen LogP contribution in [-0.2, 0) is 0 Å². The second-order valence-corrected chi connectivity index (χ2v) is 7.13. The Labute approximate surface area is 155 Å². The molecule has 1 saturated heterocycles. The molecule has 0 radical (unpaired) electrons. The first-order valence-corrected chi connectivity index (χ1v) is 9.10. The maximum Gasteiger partial charge on any atom is 0.261 e. The van der Waals surface area contributed by atoms with Crippen LogP contribution in [0.15, 0.2) is 29.1 Å². The van der Waals surface area contributed by atoms with E-state index in [0.29, 0.717) is 29.0 Å². The first kappa shape index (κ1) is 17.5. The Morgan fingerprint density at radius 3 is 2.81 bits per heavy atom. The van der Waals surface area contributed by atoms with Gasteiger partial charge in [0.2, 0.25) is 0 Å². The molecule has 0 saturated carbocycles. The summed E-state index contributed by atoms with van der Waals surface area (Å²) in [6, 6.07) is 5.93. The number of aromatic nitrogens is 3. The highest BCUT2D eigenvalue weighted by Gasteiger charge is 2.32. The zero-order valence-electron chi connectivity index (χ0n) is 15.3. The molecule has 27 heavy (non-hydrogen) atoms. The van der Waals surface area contributed by atoms with Crippen LogP contribution in [0, 0.1) is 19.7 Å². The number of aryl methyl sites for hydroxylation is 2. The van der Waals surface area contributed by atoms with Gasteiger partial charge in [0, 0.05) is 12.2 Å². The number of rotatable bonds is 2. The number of hydrogen-bond donors (Lipinski definition) is 2. The number of aromatic amines is 2. The summed E-state index contributed by atoms with van der Waals surface area (Å²) >= 11 is 0. The minimum absolute atomic E-state index is 0.176. The number of halogens is 1. The minimum atomic E-state index is -0.367. The molecule has 2 aromatic heterocycles. The van der Waals surface area contributed by atoms with Crippen molar-refractivity contribution in [1.29, 1.82) is 0 Å². The number of benzene rings is 1. The van der Waals surface area contributed by atoms with Crippen molar-refractivity contribution in [2.75, 3.05) is 6.54 Å². The molecule has 3 heterocycles. The Kier molecular flexibility index (Phi) is 4.30. The van der Waals surface area contributed by atoms with Crippen LogP contribution in [0.2, 0.25) is 0 Å². The number of hydrogen-bond acceptors (Lipinski definition) is 3. The van der Waals surface area contributed by atoms with Gasteiger partial charge in [-0.2, -0.15) is 0 Å². The number of H-pyrrole nitrogens is 2. The van der Waals surface area contributed by atoms with Crippen LogP contribution < -0.4 is 5.56 Å². The zero-order chi connectivity index (χ0) is 19.1. The monoisotopic (exact) mass is 368 g/mol. The molecule has 1 fully saturated rings. The van der Waals surface area contributed by atoms with Crippen LogP contribution in [0.5, 0.6) is 0 Å². The fraction of sp³-hybridized carbons (Fsp3) is 0.350. The van der Waals surface area contributed by atoms with E-state index in [1.807, 2.05) is 0 Å². The van der Waals surface area contributed by atoms with Gasteiger partial charge in [0.1, 0.15) is 17.2 Å². The molecule has 1 aliphatic heterocycles. The Morgan fingerprint density at radius 2 is 2.04 bits per heavy atom. The fourth-order valence-electron chi connectivity index (χ4n) is 3.88. The lowest BCUT2D eigenvalue weighted by Crippen LogP contribution is -2.41. The standard InChI is InChI=1S/C20H21FN4O2/c1-11-9-12(2)22-19(26)17(11)20(27)25-8-4-3-5-16(25)18-23-14-7-6-13(21)10-15(14)24-18/h6-7,9-10,16H,3-5,8H2,1-2H3,(H,22,26)(H,23,24)/t16-/m0/s1. The number of imidazole rings is 1. The lowest BCUT2D eigenvalue weighted by Gasteiger charge is -2.34. The average Bonchev–Trinajstić information content (AvgIpc) is 3.03. The van der Waals surface area contributed by atoms with Crippen molar-refractivity contribution < 1.29 is 9.18 Å². The lowest BCUT2D eigenvalue weighted by molar-refractivity contribution is 0.0598. The summed E-state index contributed by atoms with van der Waals surface area (Å²) < 4.78 is 13.5. The number of carbonyl (C=O) groups is 1. The molecular formula is C20H21FN4O2. The van der Waals surface area contributed by atoms with Crippen molar-refractivity contribution in [3.63, 3.8) is 0 Å². The lowest BCUT2D eigenvalue weighted by atomic mass is 9.99. The van der Waals surface area contributed by atoms with Crippen LogP contribution in [0.4, 0.5) is 4.39 Å². The van der Waals surface area contributed by atoms with Gasteiger partial charge in [-0.05, 0) is 62.9 Å². The van der Waals surface area contributed by atoms with E-state index < -0.39 is 0 Å². The number of carbonyl (C=O) groups excluding carboxylic acids is 1. The van der Waals surface area contributed by atoms with Crippen molar-refractivity contribution in [2.45, 2.75) is 39.2 Å². The van der Waals surface area contributed by atoms with Crippen LogP contribution in [0.25, 0.3) is 11.0 Å². The Balaban J connectivity index is 1.74. The van der Waals surface area contributed by atoms with Gasteiger partial charge in [-0.15, -0.1) is 0 Å². The zero-order valence-corrected chi connectivity index (χ0v) is 15.3. The summed E-state index contributed by atoms with van der Waals surface area (Å²) in [6.07, 6.45) is 2.58. The quantitative estimate of drug-likeness (QED) is 0.728. The normalized spacial score (nSPS) is 17.4. The summed E-state index contributed by atoms with van der Waals surface area (Å²) in [4.78, 5) is 37.7. The molecule has 1 aliphatic rings. The predicted octanol–water partition coefficient (Wildman–Crippen LogP) is 3.37. The highest BCUT2D eigenvalue weighted by Crippen LogP contribution is 2.31. The third-order valence-electron chi connectivity index (χ3n) is 5.12. The van der Waals surface area contributed by atoms with E-state index in [-0.39, 0.29) is 28.9 Å². The van der Waals surface area contributed by atoms with E-state index in [2.05, 4.69) is 15.0 Å². The van der Waals surface area contributed by atoms with E-state index in [1.165, 1.54) is 12.1 Å². The summed E-state index contributed by atoms with van der Waals surface area (Å²) in [7, 11) is 0. The third-order valence-corrected chi connectivity index (χ3v) is 5.12. The smallest absolute Gasteiger partial charge is 0.261 e. The average molecular weight is 368 g/mol. The first-order chi connectivity index (χ1) is 12.9. The number of pyridine rings is 1. The predicted molar refractivity (Wildman–Crippen MR) is 100 cm³/mol. The second-order valence-electron chi connectivity index (χ2n) is 7.13. The van der Waals surface area contributed by atoms with Crippen molar-refractivity contribution in [1.82, 2.24) is 19.9 Å². The number of piperidine rings is 1. The van der Waals surface area contributed by atoms with Gasteiger partial charge in [-0.1, -0.05) is 0 Å². The summed E-state index contributed by atoms with van der Waals surface area (Å²) in [5.41, 5.74) is 2.46. The Hall–Kier alpha value is -2.96. The Morgan fingerprint density at radius 1 is 1.22 bits per heavy atom. The molecular weight excluding hydrogens is 347 g/mol. The Bertz CT molecular complexity index is 1090. The highest BCUT2D eigenvalue weighted by atomic mass is 19.1. The van der Waals surface area contributed by atoms with Crippen molar-refractivity contribution in [3.05, 3.63) is 63.1 Å². The molecule has 0 bridgehead atoms. The summed E-state index contributed by atoms with van der Waals surface area (Å²) in [5, 5.41) is 0. The van der Waals surface area contributed by atoms with Gasteiger partial charge >= 0.3 is 0 Å². The van der Waals surface area contributed by atoms with Crippen LogP contribution in [-0.4, -0.2) is 32.3 Å². The van der Waals surface area contributed by atoms with E-state index in [9.17, 15) is 14.0 Å². The van der Waals surface area contributed by atoms with Gasteiger partial charge < -0.3 is 14.9 Å². The molecule has 2 N–H and O–H groups in total. The van der Waals surface area contributed by atoms with Crippen LogP contribution in [0.1, 0.15) is 52.7 Å². The molecule has 6 nitrogen and oxygen atoms in total. The topological polar surface area (TPSA) is 81.8 Å². The molecule has 1 amide bonds. The minimum Gasteiger partial charge on any atom is -0.340 e. The number of amides is 1. The van der Waals surface area contributed by atoms with Crippen molar-refractivity contribution in [3.8, 4) is 0 Å². The molecule has 0 unspecified atom stereocenters. The maximum absolute atomic E-state index is 13.5. The fourth-order valence-corrected chi connectivity index (χ4v) is 3.88. The van der Waals surface area contributed by atoms with Gasteiger partial charge in [0.15, 0.2) is 0 Å². The van der Waals surface area contributed by atoms with E-state index in [4.69, 9.17) is 0 Å². The van der Waals surface area contributed by atoms with Crippen molar-refractivity contribution >= 4 is 16.9 Å². The molecule has 140 valence electrons. The molecule has 1 atom stereocenters. The van der Waals surface area contributed by atoms with Gasteiger partial charge in [0.05, 0.1) is 17.1 Å². The summed E-state index contributed by atoms with van der Waals surface area (Å²) in [6.45, 7) is 4.12. The van der Waals surface area contributed by atoms with Crippen LogP contribution in [0.3, 0.4) is 0 Å². The molecule has 4 rings (SSSR count). The number of nitrogens with zero attached hydrogens (tertiary/aromatic N) is 2. The van der Waals surface area contributed by atoms with E-state index in [0.717, 1.165) is 25.0 Å². The SMILES string of the molecule is Cc1cc(C)c(C(=O)N2CCCC[C@H]2c2nc3ccc(F)cc3[nH]2)c(=O)[nH]1. The third kappa shape index (κ3) is 3.13. The maximum atomic E-state index is 13.5. The van der Waals surface area contributed by atoms with E-state index >= 15 is 0 Å². The molecule has 3 aromatic rings. The highest BCUT2D eigenvalue weighted by molar-refractivity contribution is 5.95. The number of likely N-dealkylation sites (tertiary alicyclic amines) is 1. The largest absolute Gasteiger partial charge is 0.340 e. The number of fused-ring (bicyclic) bond motifs is 1. The molecule has 0 aliphatic carbocycles. The molecule has 0 spiro atoms. The van der Waals surface area contributed by atoms with E-state index in [1.54, 1.807) is 30.9 Å². The van der Waals surface area contributed by atoms with Gasteiger partial charge in [0.25, 0.3) is 11.5 Å². The second kappa shape index (κ2) is 6.64. The van der Waals surface area contributed by atoms with Gasteiger partial charge in [-0.25, -0.2) is 9.37 Å². The van der Waals surface area contributed by atoms with Gasteiger partial charge in [-0.3, -0.25) is 9.59 Å². The molecule has 1 aromatic carbocycles. The van der Waals surface area contributed by atoms with Crippen molar-refractivity contribution in [2.24, 2.45) is 0 Å². The molecule has 7 heteroatoms.